The van der Waals surface area contributed by atoms with Crippen LogP contribution in [0.3, 0.4) is 0 Å². The maximum absolute atomic E-state index is 13.6. The molecular weight excluding hydrogens is 537 g/mol. The number of alkyl halides is 2. The van der Waals surface area contributed by atoms with E-state index >= 15 is 0 Å². The summed E-state index contributed by atoms with van der Waals surface area (Å²) >= 11 is 12.8. The zero-order valence-electron chi connectivity index (χ0n) is 20.8. The lowest BCUT2D eigenvalue weighted by atomic mass is 9.92. The molecule has 0 radical (unpaired) electrons. The third-order valence-corrected chi connectivity index (χ3v) is 7.20. The Hall–Kier alpha value is -3.23. The Morgan fingerprint density at radius 3 is 2.55 bits per heavy atom. The molecule has 1 aliphatic carbocycles. The summed E-state index contributed by atoms with van der Waals surface area (Å²) in [5.41, 5.74) is 7.10. The highest BCUT2D eigenvalue weighted by molar-refractivity contribution is 6.39. The number of rotatable bonds is 10. The number of imidazole rings is 1. The second-order valence-electron chi connectivity index (χ2n) is 9.48. The smallest absolute Gasteiger partial charge is 0.248 e. The maximum Gasteiger partial charge on any atom is 0.248 e. The highest BCUT2D eigenvalue weighted by Crippen LogP contribution is 2.37. The Labute approximate surface area is 228 Å². The lowest BCUT2D eigenvalue weighted by Crippen LogP contribution is -2.32. The number of fused-ring (bicyclic) bond motifs is 1. The van der Waals surface area contributed by atoms with Gasteiger partial charge in [0.2, 0.25) is 23.7 Å². The lowest BCUT2D eigenvalue weighted by molar-refractivity contribution is -0.118. The van der Waals surface area contributed by atoms with Crippen LogP contribution >= 0.6 is 23.2 Å². The number of benzene rings is 1. The van der Waals surface area contributed by atoms with E-state index in [4.69, 9.17) is 33.9 Å². The van der Waals surface area contributed by atoms with Crippen molar-refractivity contribution < 1.29 is 13.6 Å². The average molecular weight is 565 g/mol. The van der Waals surface area contributed by atoms with Crippen LogP contribution in [0.25, 0.3) is 11.2 Å². The van der Waals surface area contributed by atoms with E-state index < -0.39 is 11.8 Å². The molecule has 38 heavy (non-hydrogen) atoms. The first-order valence-electron chi connectivity index (χ1n) is 12.4. The van der Waals surface area contributed by atoms with Gasteiger partial charge in [0, 0.05) is 31.3 Å². The monoisotopic (exact) mass is 564 g/mol. The zero-order chi connectivity index (χ0) is 27.4. The number of hydrogen-bond donors (Lipinski definition) is 3. The van der Waals surface area contributed by atoms with Gasteiger partial charge in [-0.05, 0) is 37.8 Å². The third-order valence-electron chi connectivity index (χ3n) is 6.60. The van der Waals surface area contributed by atoms with Gasteiger partial charge in [-0.2, -0.15) is 10.2 Å². The van der Waals surface area contributed by atoms with E-state index in [9.17, 15) is 18.8 Å². The molecular formula is C25H28Cl2F2N8O. The van der Waals surface area contributed by atoms with Crippen LogP contribution in [-0.4, -0.2) is 37.4 Å². The van der Waals surface area contributed by atoms with Crippen LogP contribution in [0.5, 0.6) is 0 Å². The zero-order valence-corrected chi connectivity index (χ0v) is 22.3. The number of hydrogen-bond acceptors (Lipinski definition) is 7. The third kappa shape index (κ3) is 6.42. The number of nitrogens with one attached hydrogen (secondary N) is 2. The fourth-order valence-electron chi connectivity index (χ4n) is 4.68. The fourth-order valence-corrected chi connectivity index (χ4v) is 5.26. The normalized spacial score (nSPS) is 16.2. The molecule has 0 unspecified atom stereocenters. The Bertz CT molecular complexity index is 1340. The predicted octanol–water partition coefficient (Wildman–Crippen LogP) is 6.34. The van der Waals surface area contributed by atoms with Gasteiger partial charge in [-0.1, -0.05) is 36.5 Å². The van der Waals surface area contributed by atoms with Crippen LogP contribution in [0, 0.1) is 11.3 Å². The molecule has 0 spiro atoms. The van der Waals surface area contributed by atoms with Crippen LogP contribution in [-0.2, 0) is 4.79 Å². The summed E-state index contributed by atoms with van der Waals surface area (Å²) in [6.07, 6.45) is 3.94. The van der Waals surface area contributed by atoms with E-state index in [0.717, 1.165) is 6.42 Å². The van der Waals surface area contributed by atoms with Crippen LogP contribution in [0.2, 0.25) is 10.0 Å². The topological polar surface area (TPSA) is 135 Å². The van der Waals surface area contributed by atoms with E-state index in [-0.39, 0.29) is 41.4 Å². The van der Waals surface area contributed by atoms with Gasteiger partial charge in [0.25, 0.3) is 0 Å². The van der Waals surface area contributed by atoms with Crippen molar-refractivity contribution in [2.24, 2.45) is 5.73 Å². The van der Waals surface area contributed by atoms with Gasteiger partial charge < -0.3 is 16.4 Å². The summed E-state index contributed by atoms with van der Waals surface area (Å²) in [6.45, 7) is 2.03. The molecule has 0 aliphatic heterocycles. The number of amides is 1. The molecule has 13 heteroatoms. The van der Waals surface area contributed by atoms with Crippen LogP contribution in [0.1, 0.15) is 69.9 Å². The number of nitrogens with two attached hydrogens (primary N) is 1. The van der Waals surface area contributed by atoms with E-state index in [1.54, 1.807) is 6.20 Å². The van der Waals surface area contributed by atoms with Crippen molar-refractivity contribution in [3.8, 4) is 6.07 Å². The minimum Gasteiger partial charge on any atom is -0.370 e. The molecule has 202 valence electrons. The Kier molecular flexibility index (Phi) is 8.53. The number of nitriles is 1. The first-order valence-corrected chi connectivity index (χ1v) is 13.2. The predicted molar refractivity (Wildman–Crippen MR) is 143 cm³/mol. The number of anilines is 3. The first kappa shape index (κ1) is 27.8. The molecule has 1 amide bonds. The number of halogens is 4. The van der Waals surface area contributed by atoms with Crippen molar-refractivity contribution in [2.45, 2.75) is 76.3 Å². The summed E-state index contributed by atoms with van der Waals surface area (Å²) in [5.74, 6) is -2.38. The lowest BCUT2D eigenvalue weighted by Gasteiger charge is -2.28. The van der Waals surface area contributed by atoms with Crippen molar-refractivity contribution in [3.63, 3.8) is 0 Å². The molecule has 4 N–H and O–H groups in total. The van der Waals surface area contributed by atoms with Crippen molar-refractivity contribution in [1.29, 1.82) is 5.26 Å². The maximum atomic E-state index is 13.6. The quantitative estimate of drug-likeness (QED) is 0.261. The number of carbonyl (C=O) groups excluding carboxylic acids is 1. The second kappa shape index (κ2) is 11.7. The van der Waals surface area contributed by atoms with Gasteiger partial charge >= 0.3 is 0 Å². The summed E-state index contributed by atoms with van der Waals surface area (Å²) in [6, 6.07) is 4.63. The Morgan fingerprint density at radius 2 is 1.95 bits per heavy atom. The number of aromatic nitrogens is 4. The molecule has 9 nitrogen and oxygen atoms in total. The largest absolute Gasteiger partial charge is 0.370 e. The van der Waals surface area contributed by atoms with Crippen molar-refractivity contribution in [2.75, 3.05) is 10.6 Å². The van der Waals surface area contributed by atoms with Gasteiger partial charge in [0.15, 0.2) is 5.65 Å². The molecule has 4 rings (SSSR count). The molecule has 3 aromatic rings. The number of nitrogens with zero attached hydrogens (tertiary/aromatic N) is 5. The van der Waals surface area contributed by atoms with Crippen LogP contribution < -0.4 is 16.4 Å². The number of carbonyl (C=O) groups is 1. The summed E-state index contributed by atoms with van der Waals surface area (Å²) in [4.78, 5) is 25.3. The molecule has 0 saturated heterocycles. The Balaban J connectivity index is 1.75. The minimum atomic E-state index is -2.63. The van der Waals surface area contributed by atoms with E-state index in [1.807, 2.05) is 17.6 Å². The van der Waals surface area contributed by atoms with Gasteiger partial charge in [-0.3, -0.25) is 9.36 Å². The standard InChI is InChI=1S/C25H28Cl2F2N8O/c1-2-3-16(4-5-20(31)38)37-22-19(13-32-23(36-22)33-15-6-8-25(28,29)9-7-15)34-24(37)35-21-17(26)10-14(12-30)11-18(21)27/h10-11,13,15-16H,2-9H2,1H3,(H2,31,38)(H,34,35)(H,32,33,36)/t16-/m0/s1. The molecule has 0 bridgehead atoms. The van der Waals surface area contributed by atoms with E-state index in [0.29, 0.717) is 60.0 Å². The second-order valence-corrected chi connectivity index (χ2v) is 10.3. The molecule has 2 aromatic heterocycles. The fraction of sp³-hybridized carbons (Fsp3) is 0.480. The first-order chi connectivity index (χ1) is 18.1. The highest BCUT2D eigenvalue weighted by atomic mass is 35.5. The molecule has 1 fully saturated rings. The Morgan fingerprint density at radius 1 is 1.26 bits per heavy atom. The van der Waals surface area contributed by atoms with E-state index in [2.05, 4.69) is 20.6 Å². The van der Waals surface area contributed by atoms with Gasteiger partial charge in [-0.15, -0.1) is 0 Å². The SMILES string of the molecule is CCC[C@@H](CCC(N)=O)n1c(Nc2c(Cl)cc(C#N)cc2Cl)nc2cnc(NC3CCC(F)(F)CC3)nc21. The van der Waals surface area contributed by atoms with Gasteiger partial charge in [-0.25, -0.2) is 18.7 Å². The van der Waals surface area contributed by atoms with Crippen molar-refractivity contribution in [3.05, 3.63) is 33.9 Å². The minimum absolute atomic E-state index is 0.161. The molecule has 1 saturated carbocycles. The van der Waals surface area contributed by atoms with Crippen molar-refractivity contribution in [1.82, 2.24) is 19.5 Å². The molecule has 1 aromatic carbocycles. The number of primary amides is 1. The van der Waals surface area contributed by atoms with Crippen LogP contribution in [0.4, 0.5) is 26.4 Å². The summed E-state index contributed by atoms with van der Waals surface area (Å²) < 4.78 is 29.1. The molecule has 2 heterocycles. The molecule has 1 aliphatic rings. The summed E-state index contributed by atoms with van der Waals surface area (Å²) in [7, 11) is 0. The van der Waals surface area contributed by atoms with Gasteiger partial charge in [0.05, 0.1) is 33.6 Å². The van der Waals surface area contributed by atoms with E-state index in [1.165, 1.54) is 12.1 Å². The average Bonchev–Trinajstić information content (AvgIpc) is 3.22. The van der Waals surface area contributed by atoms with Crippen LogP contribution in [0.15, 0.2) is 18.3 Å². The highest BCUT2D eigenvalue weighted by Gasteiger charge is 2.35. The van der Waals surface area contributed by atoms with Crippen molar-refractivity contribution >= 4 is 57.9 Å². The van der Waals surface area contributed by atoms with Gasteiger partial charge in [0.1, 0.15) is 5.52 Å². The molecule has 1 atom stereocenters. The summed E-state index contributed by atoms with van der Waals surface area (Å²) in [5, 5.41) is 16.0.